The van der Waals surface area contributed by atoms with Gasteiger partial charge in [-0.05, 0) is 55.2 Å². The molecule has 1 N–H and O–H groups in total. The van der Waals surface area contributed by atoms with Crippen molar-refractivity contribution in [3.05, 3.63) is 53.6 Å². The van der Waals surface area contributed by atoms with E-state index in [0.29, 0.717) is 0 Å². The Kier molecular flexibility index (Phi) is 2.79. The van der Waals surface area contributed by atoms with E-state index in [4.69, 9.17) is 4.98 Å². The molecule has 1 aromatic carbocycles. The highest BCUT2D eigenvalue weighted by atomic mass is 15.1. The van der Waals surface area contributed by atoms with Crippen LogP contribution < -0.4 is 0 Å². The highest BCUT2D eigenvalue weighted by Gasteiger charge is 2.13. The number of fused-ring (bicyclic) bond motifs is 2. The number of aromatic amines is 1. The van der Waals surface area contributed by atoms with Crippen LogP contribution in [0.25, 0.3) is 27.7 Å². The number of nitrogens with one attached hydrogen (secondary N) is 1. The largest absolute Gasteiger partial charge is 0.306 e. The van der Waals surface area contributed by atoms with Gasteiger partial charge in [-0.25, -0.2) is 4.98 Å². The van der Waals surface area contributed by atoms with E-state index in [1.54, 1.807) is 0 Å². The van der Waals surface area contributed by atoms with Crippen LogP contribution in [0.1, 0.15) is 23.7 Å². The van der Waals surface area contributed by atoms with Crippen LogP contribution in [0.4, 0.5) is 0 Å². The molecule has 3 aromatic heterocycles. The summed E-state index contributed by atoms with van der Waals surface area (Å²) in [5, 5.41) is 8.35. The minimum atomic E-state index is 0.944. The lowest BCUT2D eigenvalue weighted by Crippen LogP contribution is -1.92. The van der Waals surface area contributed by atoms with Crippen molar-refractivity contribution >= 4 is 16.6 Å². The van der Waals surface area contributed by atoms with E-state index in [1.165, 1.54) is 22.3 Å². The summed E-state index contributed by atoms with van der Waals surface area (Å²) in [5.41, 5.74) is 8.09. The first-order valence-corrected chi connectivity index (χ1v) is 7.58. The minimum absolute atomic E-state index is 0.944. The Morgan fingerprint density at radius 2 is 2.05 bits per heavy atom. The summed E-state index contributed by atoms with van der Waals surface area (Å²) in [4.78, 5) is 4.81. The molecule has 3 heterocycles. The number of nitrogens with zero attached hydrogens (tertiary/aromatic N) is 3. The van der Waals surface area contributed by atoms with Crippen LogP contribution >= 0.6 is 0 Å². The topological polar surface area (TPSA) is 46.0 Å². The van der Waals surface area contributed by atoms with Crippen LogP contribution in [-0.2, 0) is 6.42 Å². The highest BCUT2D eigenvalue weighted by molar-refractivity contribution is 5.90. The third-order valence-corrected chi connectivity index (χ3v) is 4.28. The normalized spacial score (nSPS) is 11.6. The zero-order valence-corrected chi connectivity index (χ0v) is 13.0. The highest BCUT2D eigenvalue weighted by Crippen LogP contribution is 2.31. The van der Waals surface area contributed by atoms with E-state index in [9.17, 15) is 0 Å². The van der Waals surface area contributed by atoms with E-state index < -0.39 is 0 Å². The molecule has 0 atom stereocenters. The maximum absolute atomic E-state index is 4.81. The first-order chi connectivity index (χ1) is 10.7. The SMILES string of the molecule is CCc1cn2ccc(C)c(-c3cc(C)c4[nH]ncc4c3)c2n1. The van der Waals surface area contributed by atoms with Gasteiger partial charge in [0.1, 0.15) is 5.65 Å². The van der Waals surface area contributed by atoms with Crippen molar-refractivity contribution in [3.8, 4) is 11.1 Å². The van der Waals surface area contributed by atoms with Crippen LogP contribution in [0.3, 0.4) is 0 Å². The fraction of sp³-hybridized carbons (Fsp3) is 0.222. The molecule has 0 aliphatic heterocycles. The number of H-pyrrole nitrogens is 1. The summed E-state index contributed by atoms with van der Waals surface area (Å²) in [6.45, 7) is 6.39. The van der Waals surface area contributed by atoms with Crippen molar-refractivity contribution in [2.75, 3.05) is 0 Å². The van der Waals surface area contributed by atoms with Crippen molar-refractivity contribution in [2.45, 2.75) is 27.2 Å². The molecular weight excluding hydrogens is 272 g/mol. The van der Waals surface area contributed by atoms with Crippen LogP contribution in [0.5, 0.6) is 0 Å². The van der Waals surface area contributed by atoms with Gasteiger partial charge in [-0.2, -0.15) is 5.10 Å². The molecule has 0 saturated carbocycles. The van der Waals surface area contributed by atoms with Gasteiger partial charge in [0, 0.05) is 23.3 Å². The van der Waals surface area contributed by atoms with Gasteiger partial charge in [-0.15, -0.1) is 0 Å². The molecule has 0 aliphatic rings. The smallest absolute Gasteiger partial charge is 0.145 e. The van der Waals surface area contributed by atoms with E-state index in [2.05, 4.69) is 66.0 Å². The van der Waals surface area contributed by atoms with Crippen molar-refractivity contribution in [1.29, 1.82) is 0 Å². The van der Waals surface area contributed by atoms with E-state index in [-0.39, 0.29) is 0 Å². The van der Waals surface area contributed by atoms with E-state index in [1.807, 2.05) is 6.20 Å². The molecule has 0 radical (unpaired) electrons. The van der Waals surface area contributed by atoms with Gasteiger partial charge in [0.05, 0.1) is 17.4 Å². The number of pyridine rings is 1. The molecule has 110 valence electrons. The van der Waals surface area contributed by atoms with E-state index >= 15 is 0 Å². The van der Waals surface area contributed by atoms with Gasteiger partial charge in [0.15, 0.2) is 0 Å². The fourth-order valence-corrected chi connectivity index (χ4v) is 3.10. The van der Waals surface area contributed by atoms with Gasteiger partial charge >= 0.3 is 0 Å². The number of hydrogen-bond acceptors (Lipinski definition) is 2. The van der Waals surface area contributed by atoms with Gasteiger partial charge in [-0.1, -0.05) is 6.92 Å². The maximum atomic E-state index is 4.81. The Balaban J connectivity index is 2.06. The van der Waals surface area contributed by atoms with Crippen molar-refractivity contribution < 1.29 is 0 Å². The maximum Gasteiger partial charge on any atom is 0.145 e. The second-order valence-electron chi connectivity index (χ2n) is 5.82. The zero-order chi connectivity index (χ0) is 15.3. The molecule has 4 nitrogen and oxygen atoms in total. The summed E-state index contributed by atoms with van der Waals surface area (Å²) >= 11 is 0. The molecule has 4 aromatic rings. The summed E-state index contributed by atoms with van der Waals surface area (Å²) in [7, 11) is 0. The number of aromatic nitrogens is 4. The number of imidazole rings is 1. The lowest BCUT2D eigenvalue weighted by atomic mass is 9.98. The van der Waals surface area contributed by atoms with Gasteiger partial charge in [0.25, 0.3) is 0 Å². The molecule has 0 spiro atoms. The molecule has 0 fully saturated rings. The van der Waals surface area contributed by atoms with Gasteiger partial charge in [0.2, 0.25) is 0 Å². The van der Waals surface area contributed by atoms with Crippen molar-refractivity contribution in [3.63, 3.8) is 0 Å². The molecule has 4 rings (SSSR count). The first kappa shape index (κ1) is 13.1. The Hall–Kier alpha value is -2.62. The predicted molar refractivity (Wildman–Crippen MR) is 89.1 cm³/mol. The molecule has 22 heavy (non-hydrogen) atoms. The number of hydrogen-bond donors (Lipinski definition) is 1. The quantitative estimate of drug-likeness (QED) is 0.605. The lowest BCUT2D eigenvalue weighted by Gasteiger charge is -2.09. The number of rotatable bonds is 2. The average molecular weight is 290 g/mol. The molecule has 4 heteroatoms. The average Bonchev–Trinajstić information content (AvgIpc) is 3.12. The van der Waals surface area contributed by atoms with Gasteiger partial charge in [-0.3, -0.25) is 5.10 Å². The van der Waals surface area contributed by atoms with E-state index in [0.717, 1.165) is 28.7 Å². The third-order valence-electron chi connectivity index (χ3n) is 4.28. The molecule has 0 aliphatic carbocycles. The van der Waals surface area contributed by atoms with Crippen LogP contribution in [-0.4, -0.2) is 19.6 Å². The van der Waals surface area contributed by atoms with Gasteiger partial charge < -0.3 is 4.40 Å². The molecular formula is C18H18N4. The summed E-state index contributed by atoms with van der Waals surface area (Å²) < 4.78 is 2.12. The Morgan fingerprint density at radius 3 is 2.86 bits per heavy atom. The lowest BCUT2D eigenvalue weighted by molar-refractivity contribution is 1.07. The number of benzene rings is 1. The zero-order valence-electron chi connectivity index (χ0n) is 13.0. The predicted octanol–water partition coefficient (Wildman–Crippen LogP) is 4.06. The fourth-order valence-electron chi connectivity index (χ4n) is 3.10. The van der Waals surface area contributed by atoms with Crippen molar-refractivity contribution in [2.24, 2.45) is 0 Å². The number of aryl methyl sites for hydroxylation is 3. The summed E-state index contributed by atoms with van der Waals surface area (Å²) in [5.74, 6) is 0. The first-order valence-electron chi connectivity index (χ1n) is 7.58. The molecule has 0 bridgehead atoms. The second-order valence-corrected chi connectivity index (χ2v) is 5.82. The summed E-state index contributed by atoms with van der Waals surface area (Å²) in [6.07, 6.45) is 7.02. The summed E-state index contributed by atoms with van der Waals surface area (Å²) in [6, 6.07) is 6.55. The molecule has 0 saturated heterocycles. The van der Waals surface area contributed by atoms with Crippen molar-refractivity contribution in [1.82, 2.24) is 19.6 Å². The minimum Gasteiger partial charge on any atom is -0.306 e. The Bertz CT molecular complexity index is 991. The monoisotopic (exact) mass is 290 g/mol. The van der Waals surface area contributed by atoms with Crippen LogP contribution in [0.15, 0.2) is 36.8 Å². The Labute approximate surface area is 128 Å². The standard InChI is InChI=1S/C18H18N4/c1-4-15-10-22-6-5-11(2)16(18(22)20-15)13-7-12(3)17-14(8-13)9-19-21-17/h5-10H,4H2,1-3H3,(H,19,21). The second kappa shape index (κ2) is 4.70. The van der Waals surface area contributed by atoms with Crippen LogP contribution in [0, 0.1) is 13.8 Å². The molecule has 0 amide bonds. The Morgan fingerprint density at radius 1 is 1.18 bits per heavy atom. The third kappa shape index (κ3) is 1.84. The molecule has 0 unspecified atom stereocenters. The van der Waals surface area contributed by atoms with Crippen LogP contribution in [0.2, 0.25) is 0 Å².